The van der Waals surface area contributed by atoms with Gasteiger partial charge in [-0.05, 0) is 29.3 Å². The first kappa shape index (κ1) is 10.4. The predicted octanol–water partition coefficient (Wildman–Crippen LogP) is 3.40. The highest BCUT2D eigenvalue weighted by atomic mass is 16.5. The van der Waals surface area contributed by atoms with E-state index < -0.39 is 0 Å². The Morgan fingerprint density at radius 3 is 2.94 bits per heavy atom. The number of hydrogen-bond donors (Lipinski definition) is 0. The van der Waals surface area contributed by atoms with Crippen LogP contribution in [0.25, 0.3) is 17.2 Å². The maximum Gasteiger partial charge on any atom is 0.119 e. The molecule has 0 fully saturated rings. The number of hydrogen-bond acceptors (Lipinski definition) is 2. The van der Waals surface area contributed by atoms with Gasteiger partial charge in [0.2, 0.25) is 0 Å². The average Bonchev–Trinajstić information content (AvgIpc) is 2.38. The summed E-state index contributed by atoms with van der Waals surface area (Å²) in [6, 6.07) is 9.93. The van der Waals surface area contributed by atoms with E-state index in [-0.39, 0.29) is 0 Å². The highest BCUT2D eigenvalue weighted by molar-refractivity contribution is 5.74. The van der Waals surface area contributed by atoms with E-state index in [9.17, 15) is 0 Å². The van der Waals surface area contributed by atoms with Crippen molar-refractivity contribution >= 4 is 6.08 Å². The summed E-state index contributed by atoms with van der Waals surface area (Å²) in [5.41, 5.74) is 3.25. The average molecular weight is 211 g/mol. The van der Waals surface area contributed by atoms with Crippen molar-refractivity contribution < 1.29 is 4.74 Å². The smallest absolute Gasteiger partial charge is 0.119 e. The molecule has 0 saturated carbocycles. The van der Waals surface area contributed by atoms with Crippen LogP contribution in [0, 0.1) is 0 Å². The van der Waals surface area contributed by atoms with Gasteiger partial charge in [-0.25, -0.2) is 0 Å². The quantitative estimate of drug-likeness (QED) is 0.776. The Morgan fingerprint density at radius 1 is 1.31 bits per heavy atom. The summed E-state index contributed by atoms with van der Waals surface area (Å²) in [5.74, 6) is 0.851. The Hall–Kier alpha value is -2.09. The van der Waals surface area contributed by atoms with Gasteiger partial charge in [0.15, 0.2) is 0 Å². The van der Waals surface area contributed by atoms with Crippen LogP contribution in [0.3, 0.4) is 0 Å². The molecular formula is C14H13NO. The monoisotopic (exact) mass is 211 g/mol. The third kappa shape index (κ3) is 1.96. The molecule has 2 aromatic rings. The molecule has 1 aromatic carbocycles. The molecule has 80 valence electrons. The van der Waals surface area contributed by atoms with Crippen LogP contribution in [-0.4, -0.2) is 12.1 Å². The van der Waals surface area contributed by atoms with Crippen LogP contribution in [0.15, 0.2) is 49.3 Å². The van der Waals surface area contributed by atoms with Crippen LogP contribution < -0.4 is 4.74 Å². The first-order chi connectivity index (χ1) is 7.85. The maximum atomic E-state index is 5.21. The fraction of sp³-hybridized carbons (Fsp3) is 0.0714. The molecule has 0 spiro atoms. The summed E-state index contributed by atoms with van der Waals surface area (Å²) in [6.07, 6.45) is 5.39. The SMILES string of the molecule is C=Cc1cnccc1-c1cccc(OC)c1. The zero-order valence-electron chi connectivity index (χ0n) is 9.18. The van der Waals surface area contributed by atoms with Crippen molar-refractivity contribution in [3.8, 4) is 16.9 Å². The lowest BCUT2D eigenvalue weighted by Gasteiger charge is -2.07. The van der Waals surface area contributed by atoms with E-state index in [0.29, 0.717) is 0 Å². The molecule has 0 N–H and O–H groups in total. The van der Waals surface area contributed by atoms with Crippen molar-refractivity contribution in [2.24, 2.45) is 0 Å². The fourth-order valence-corrected chi connectivity index (χ4v) is 1.62. The summed E-state index contributed by atoms with van der Waals surface area (Å²) >= 11 is 0. The molecule has 0 aliphatic carbocycles. The zero-order valence-corrected chi connectivity index (χ0v) is 9.18. The van der Waals surface area contributed by atoms with Gasteiger partial charge in [-0.1, -0.05) is 24.8 Å². The lowest BCUT2D eigenvalue weighted by atomic mass is 10.0. The highest BCUT2D eigenvalue weighted by Gasteiger charge is 2.03. The molecule has 0 unspecified atom stereocenters. The Bertz CT molecular complexity index is 506. The number of methoxy groups -OCH3 is 1. The molecule has 0 radical (unpaired) electrons. The highest BCUT2D eigenvalue weighted by Crippen LogP contribution is 2.26. The Morgan fingerprint density at radius 2 is 2.19 bits per heavy atom. The first-order valence-electron chi connectivity index (χ1n) is 5.06. The number of rotatable bonds is 3. The third-order valence-corrected chi connectivity index (χ3v) is 2.45. The van der Waals surface area contributed by atoms with Gasteiger partial charge in [-0.2, -0.15) is 0 Å². The van der Waals surface area contributed by atoms with Crippen LogP contribution in [0.2, 0.25) is 0 Å². The second-order valence-electron chi connectivity index (χ2n) is 3.40. The van der Waals surface area contributed by atoms with Gasteiger partial charge < -0.3 is 4.74 Å². The minimum Gasteiger partial charge on any atom is -0.497 e. The molecule has 2 nitrogen and oxygen atoms in total. The minimum absolute atomic E-state index is 0.851. The van der Waals surface area contributed by atoms with Crippen molar-refractivity contribution in [1.82, 2.24) is 4.98 Å². The van der Waals surface area contributed by atoms with Crippen LogP contribution in [0.1, 0.15) is 5.56 Å². The number of ether oxygens (including phenoxy) is 1. The largest absolute Gasteiger partial charge is 0.497 e. The molecule has 2 heteroatoms. The van der Waals surface area contributed by atoms with Crippen LogP contribution in [0.4, 0.5) is 0 Å². The molecule has 1 aromatic heterocycles. The lowest BCUT2D eigenvalue weighted by molar-refractivity contribution is 0.415. The molecule has 0 atom stereocenters. The van der Waals surface area contributed by atoms with E-state index in [4.69, 9.17) is 4.74 Å². The van der Waals surface area contributed by atoms with Crippen molar-refractivity contribution in [3.63, 3.8) is 0 Å². The topological polar surface area (TPSA) is 22.1 Å². The standard InChI is InChI=1S/C14H13NO/c1-3-11-10-15-8-7-14(11)12-5-4-6-13(9-12)16-2/h3-10H,1H2,2H3. The summed E-state index contributed by atoms with van der Waals surface area (Å²) < 4.78 is 5.21. The Kier molecular flexibility index (Phi) is 3.01. The van der Waals surface area contributed by atoms with E-state index in [1.54, 1.807) is 13.3 Å². The van der Waals surface area contributed by atoms with Crippen LogP contribution in [0.5, 0.6) is 5.75 Å². The zero-order chi connectivity index (χ0) is 11.4. The van der Waals surface area contributed by atoms with E-state index in [0.717, 1.165) is 22.4 Å². The Balaban J connectivity index is 2.53. The van der Waals surface area contributed by atoms with Crippen LogP contribution >= 0.6 is 0 Å². The molecule has 16 heavy (non-hydrogen) atoms. The van der Waals surface area contributed by atoms with Crippen molar-refractivity contribution in [2.75, 3.05) is 7.11 Å². The molecular weight excluding hydrogens is 198 g/mol. The molecule has 0 amide bonds. The van der Waals surface area contributed by atoms with Gasteiger partial charge >= 0.3 is 0 Å². The van der Waals surface area contributed by atoms with Gasteiger partial charge in [0.05, 0.1) is 7.11 Å². The second kappa shape index (κ2) is 4.62. The van der Waals surface area contributed by atoms with Gasteiger partial charge in [0.25, 0.3) is 0 Å². The minimum atomic E-state index is 0.851. The normalized spacial score (nSPS) is 9.81. The number of benzene rings is 1. The number of pyridine rings is 1. The molecule has 0 aliphatic heterocycles. The van der Waals surface area contributed by atoms with Crippen molar-refractivity contribution in [3.05, 3.63) is 54.9 Å². The summed E-state index contributed by atoms with van der Waals surface area (Å²) in [6.45, 7) is 3.79. The molecule has 1 heterocycles. The third-order valence-electron chi connectivity index (χ3n) is 2.45. The van der Waals surface area contributed by atoms with Gasteiger partial charge in [0.1, 0.15) is 5.75 Å². The van der Waals surface area contributed by atoms with Gasteiger partial charge in [0, 0.05) is 18.0 Å². The first-order valence-corrected chi connectivity index (χ1v) is 5.06. The number of nitrogens with zero attached hydrogens (tertiary/aromatic N) is 1. The number of aromatic nitrogens is 1. The molecule has 0 saturated heterocycles. The molecule has 2 rings (SSSR count). The molecule has 0 bridgehead atoms. The predicted molar refractivity (Wildman–Crippen MR) is 66.3 cm³/mol. The maximum absolute atomic E-state index is 5.21. The lowest BCUT2D eigenvalue weighted by Crippen LogP contribution is -1.86. The second-order valence-corrected chi connectivity index (χ2v) is 3.40. The Labute approximate surface area is 95.2 Å². The van der Waals surface area contributed by atoms with E-state index in [1.165, 1.54) is 0 Å². The van der Waals surface area contributed by atoms with Gasteiger partial charge in [-0.3, -0.25) is 4.98 Å². The summed E-state index contributed by atoms with van der Waals surface area (Å²) in [7, 11) is 1.67. The summed E-state index contributed by atoms with van der Waals surface area (Å²) in [4.78, 5) is 4.08. The van der Waals surface area contributed by atoms with Crippen molar-refractivity contribution in [1.29, 1.82) is 0 Å². The molecule has 0 aliphatic rings. The summed E-state index contributed by atoms with van der Waals surface area (Å²) in [5, 5.41) is 0. The van der Waals surface area contributed by atoms with E-state index in [2.05, 4.69) is 11.6 Å². The fourth-order valence-electron chi connectivity index (χ4n) is 1.62. The van der Waals surface area contributed by atoms with Crippen LogP contribution in [-0.2, 0) is 0 Å². The van der Waals surface area contributed by atoms with E-state index >= 15 is 0 Å². The van der Waals surface area contributed by atoms with E-state index in [1.807, 2.05) is 42.6 Å². The van der Waals surface area contributed by atoms with Crippen molar-refractivity contribution in [2.45, 2.75) is 0 Å². The van der Waals surface area contributed by atoms with Gasteiger partial charge in [-0.15, -0.1) is 0 Å².